The lowest BCUT2D eigenvalue weighted by atomic mass is 10.0. The highest BCUT2D eigenvalue weighted by Crippen LogP contribution is 2.19. The third-order valence-corrected chi connectivity index (χ3v) is 2.40. The molecule has 1 rings (SSSR count). The van der Waals surface area contributed by atoms with Gasteiger partial charge in [0.05, 0.1) is 12.6 Å². The zero-order valence-corrected chi connectivity index (χ0v) is 11.7. The van der Waals surface area contributed by atoms with E-state index in [0.29, 0.717) is 0 Å². The molecule has 0 spiro atoms. The van der Waals surface area contributed by atoms with Crippen molar-refractivity contribution in [2.24, 2.45) is 0 Å². The molecule has 1 atom stereocenters. The summed E-state index contributed by atoms with van der Waals surface area (Å²) in [4.78, 5) is 11.6. The number of carbonyl (C=O) groups is 1. The number of benzene rings is 1. The van der Waals surface area contributed by atoms with E-state index in [0.717, 1.165) is 5.56 Å². The first-order valence-corrected chi connectivity index (χ1v) is 6.09. The number of alkyl carbamates (subject to hydrolysis) is 1. The molecule has 0 aliphatic carbocycles. The molecule has 1 aromatic carbocycles. The van der Waals surface area contributed by atoms with Gasteiger partial charge in [0, 0.05) is 5.56 Å². The van der Waals surface area contributed by atoms with Crippen LogP contribution in [0.4, 0.5) is 9.18 Å². The highest BCUT2D eigenvalue weighted by atomic mass is 19.1. The van der Waals surface area contributed by atoms with Gasteiger partial charge in [-0.05, 0) is 33.8 Å². The van der Waals surface area contributed by atoms with Crippen molar-refractivity contribution < 1.29 is 19.0 Å². The summed E-state index contributed by atoms with van der Waals surface area (Å²) in [5, 5.41) is 11.8. The van der Waals surface area contributed by atoms with E-state index in [1.165, 1.54) is 6.07 Å². The number of aliphatic hydroxyl groups excluding tert-OH is 1. The fraction of sp³-hybridized carbons (Fsp3) is 0.500. The van der Waals surface area contributed by atoms with Crippen LogP contribution in [0.5, 0.6) is 0 Å². The standard InChI is InChI=1S/C14H20FNO3/c1-9-5-6-11(15)10(7-9)12(8-17)16-13(18)19-14(2,3)4/h5-7,12,17H,8H2,1-4H3,(H,16,18)/t12-/m0/s1. The average Bonchev–Trinajstić information content (AvgIpc) is 2.27. The van der Waals surface area contributed by atoms with Crippen molar-refractivity contribution in [1.82, 2.24) is 5.32 Å². The van der Waals surface area contributed by atoms with Gasteiger partial charge in [0.25, 0.3) is 0 Å². The van der Waals surface area contributed by atoms with Crippen molar-refractivity contribution in [1.29, 1.82) is 0 Å². The normalized spacial score (nSPS) is 12.9. The maximum atomic E-state index is 13.7. The minimum atomic E-state index is -0.824. The number of amides is 1. The van der Waals surface area contributed by atoms with Gasteiger partial charge in [0.1, 0.15) is 11.4 Å². The molecule has 5 heteroatoms. The van der Waals surface area contributed by atoms with E-state index in [4.69, 9.17) is 4.74 Å². The summed E-state index contributed by atoms with van der Waals surface area (Å²) >= 11 is 0. The van der Waals surface area contributed by atoms with Gasteiger partial charge < -0.3 is 15.2 Å². The summed E-state index contributed by atoms with van der Waals surface area (Å²) < 4.78 is 18.8. The Bertz CT molecular complexity index is 454. The molecule has 0 radical (unpaired) electrons. The van der Waals surface area contributed by atoms with E-state index >= 15 is 0 Å². The molecule has 0 bridgehead atoms. The first-order chi connectivity index (χ1) is 8.73. The lowest BCUT2D eigenvalue weighted by Gasteiger charge is -2.23. The van der Waals surface area contributed by atoms with Crippen LogP contribution in [-0.2, 0) is 4.74 Å². The summed E-state index contributed by atoms with van der Waals surface area (Å²) in [7, 11) is 0. The number of nitrogens with one attached hydrogen (secondary N) is 1. The van der Waals surface area contributed by atoms with Crippen molar-refractivity contribution in [3.8, 4) is 0 Å². The second-order valence-electron chi connectivity index (χ2n) is 5.41. The maximum Gasteiger partial charge on any atom is 0.408 e. The highest BCUT2D eigenvalue weighted by molar-refractivity contribution is 5.68. The predicted octanol–water partition coefficient (Wildman–Crippen LogP) is 2.69. The van der Waals surface area contributed by atoms with Crippen LogP contribution in [-0.4, -0.2) is 23.4 Å². The molecule has 0 heterocycles. The SMILES string of the molecule is Cc1ccc(F)c([C@H](CO)NC(=O)OC(C)(C)C)c1. The molecule has 0 fully saturated rings. The van der Waals surface area contributed by atoms with E-state index < -0.39 is 30.2 Å². The zero-order valence-electron chi connectivity index (χ0n) is 11.7. The number of aliphatic hydroxyl groups is 1. The second-order valence-corrected chi connectivity index (χ2v) is 5.41. The molecule has 0 aliphatic heterocycles. The second kappa shape index (κ2) is 6.02. The summed E-state index contributed by atoms with van der Waals surface area (Å²) in [5.74, 6) is -0.472. The monoisotopic (exact) mass is 269 g/mol. The minimum Gasteiger partial charge on any atom is -0.444 e. The molecule has 106 valence electrons. The highest BCUT2D eigenvalue weighted by Gasteiger charge is 2.22. The Labute approximate surface area is 112 Å². The first kappa shape index (κ1) is 15.4. The molecule has 1 aromatic rings. The van der Waals surface area contributed by atoms with Gasteiger partial charge >= 0.3 is 6.09 Å². The largest absolute Gasteiger partial charge is 0.444 e. The van der Waals surface area contributed by atoms with Crippen LogP contribution in [0.1, 0.15) is 37.9 Å². The fourth-order valence-electron chi connectivity index (χ4n) is 1.60. The number of ether oxygens (including phenoxy) is 1. The molecular weight excluding hydrogens is 249 g/mol. The van der Waals surface area contributed by atoms with Crippen molar-refractivity contribution in [3.05, 3.63) is 35.1 Å². The van der Waals surface area contributed by atoms with Crippen LogP contribution in [0.15, 0.2) is 18.2 Å². The van der Waals surface area contributed by atoms with Crippen molar-refractivity contribution in [2.45, 2.75) is 39.3 Å². The molecule has 1 amide bonds. The lowest BCUT2D eigenvalue weighted by Crippen LogP contribution is -2.36. The molecule has 4 nitrogen and oxygen atoms in total. The Morgan fingerprint density at radius 1 is 1.47 bits per heavy atom. The van der Waals surface area contributed by atoms with E-state index in [1.54, 1.807) is 32.9 Å². The predicted molar refractivity (Wildman–Crippen MR) is 70.3 cm³/mol. The van der Waals surface area contributed by atoms with Gasteiger partial charge in [-0.25, -0.2) is 9.18 Å². The maximum absolute atomic E-state index is 13.7. The van der Waals surface area contributed by atoms with Gasteiger partial charge in [-0.15, -0.1) is 0 Å². The molecule has 0 aliphatic rings. The Morgan fingerprint density at radius 2 is 2.11 bits per heavy atom. The third-order valence-electron chi connectivity index (χ3n) is 2.40. The van der Waals surface area contributed by atoms with E-state index in [2.05, 4.69) is 5.32 Å². The van der Waals surface area contributed by atoms with Crippen LogP contribution < -0.4 is 5.32 Å². The quantitative estimate of drug-likeness (QED) is 0.887. The number of hydrogen-bond acceptors (Lipinski definition) is 3. The van der Waals surface area contributed by atoms with Gasteiger partial charge in [0.2, 0.25) is 0 Å². The molecule has 0 aromatic heterocycles. The molecule has 0 saturated carbocycles. The third kappa shape index (κ3) is 4.87. The van der Waals surface area contributed by atoms with Gasteiger partial charge in [0.15, 0.2) is 0 Å². The van der Waals surface area contributed by atoms with Crippen LogP contribution in [0, 0.1) is 12.7 Å². The first-order valence-electron chi connectivity index (χ1n) is 6.09. The Morgan fingerprint density at radius 3 is 2.63 bits per heavy atom. The molecule has 0 saturated heterocycles. The van der Waals surface area contributed by atoms with Crippen LogP contribution in [0.25, 0.3) is 0 Å². The summed E-state index contributed by atoms with van der Waals surface area (Å²) in [6.07, 6.45) is -0.688. The topological polar surface area (TPSA) is 58.6 Å². The Hall–Kier alpha value is -1.62. The van der Waals surface area contributed by atoms with Crippen molar-refractivity contribution in [3.63, 3.8) is 0 Å². The van der Waals surface area contributed by atoms with Gasteiger partial charge in [-0.1, -0.05) is 17.7 Å². The Kier molecular flexibility index (Phi) is 4.89. The summed E-state index contributed by atoms with van der Waals surface area (Å²) in [6.45, 7) is 6.60. The Balaban J connectivity index is 2.84. The minimum absolute atomic E-state index is 0.244. The molecule has 0 unspecified atom stereocenters. The van der Waals surface area contributed by atoms with Crippen LogP contribution in [0.2, 0.25) is 0 Å². The number of hydrogen-bond donors (Lipinski definition) is 2. The zero-order chi connectivity index (χ0) is 14.6. The average molecular weight is 269 g/mol. The summed E-state index contributed by atoms with van der Waals surface area (Å²) in [6, 6.07) is 3.70. The molecule has 2 N–H and O–H groups in total. The smallest absolute Gasteiger partial charge is 0.408 e. The van der Waals surface area contributed by atoms with E-state index in [9.17, 15) is 14.3 Å². The molecule has 19 heavy (non-hydrogen) atoms. The number of rotatable bonds is 3. The van der Waals surface area contributed by atoms with Crippen LogP contribution in [0.3, 0.4) is 0 Å². The number of halogens is 1. The van der Waals surface area contributed by atoms with E-state index in [-0.39, 0.29) is 5.56 Å². The van der Waals surface area contributed by atoms with Crippen LogP contribution >= 0.6 is 0 Å². The fourth-order valence-corrected chi connectivity index (χ4v) is 1.60. The van der Waals surface area contributed by atoms with Gasteiger partial charge in [-0.3, -0.25) is 0 Å². The summed E-state index contributed by atoms with van der Waals surface area (Å²) in [5.41, 5.74) is 0.448. The molecular formula is C14H20FNO3. The van der Waals surface area contributed by atoms with Crippen molar-refractivity contribution >= 4 is 6.09 Å². The van der Waals surface area contributed by atoms with Crippen molar-refractivity contribution in [2.75, 3.05) is 6.61 Å². The van der Waals surface area contributed by atoms with E-state index in [1.807, 2.05) is 6.92 Å². The number of carbonyl (C=O) groups excluding carboxylic acids is 1. The van der Waals surface area contributed by atoms with Gasteiger partial charge in [-0.2, -0.15) is 0 Å². The lowest BCUT2D eigenvalue weighted by molar-refractivity contribution is 0.0480. The number of aryl methyl sites for hydroxylation is 1.